The third-order valence-corrected chi connectivity index (χ3v) is 4.45. The van der Waals surface area contributed by atoms with Crippen molar-refractivity contribution in [1.29, 1.82) is 5.26 Å². The molecule has 2 aromatic rings. The van der Waals surface area contributed by atoms with E-state index in [1.54, 1.807) is 0 Å². The molecule has 0 heterocycles. The predicted molar refractivity (Wildman–Crippen MR) is 94.5 cm³/mol. The molecule has 0 spiro atoms. The number of amides is 1. The number of aliphatic carboxylic acids is 1. The number of carboxylic acids is 1. The zero-order valence-electron chi connectivity index (χ0n) is 14.1. The van der Waals surface area contributed by atoms with E-state index in [2.05, 4.69) is 0 Å². The fraction of sp³-hybridized carbons (Fsp3) is 0.250. The van der Waals surface area contributed by atoms with Crippen molar-refractivity contribution in [1.82, 2.24) is 4.90 Å². The number of nitriles is 1. The summed E-state index contributed by atoms with van der Waals surface area (Å²) in [4.78, 5) is 24.1. The van der Waals surface area contributed by atoms with E-state index in [1.165, 1.54) is 0 Å². The van der Waals surface area contributed by atoms with Gasteiger partial charge >= 0.3 is 12.1 Å². The second-order valence-corrected chi connectivity index (χ2v) is 6.03. The summed E-state index contributed by atoms with van der Waals surface area (Å²) < 4.78 is 5.43. The van der Waals surface area contributed by atoms with Crippen LogP contribution < -0.4 is 0 Å². The Hall–Kier alpha value is -3.33. The molecule has 1 N–H and O–H groups in total. The van der Waals surface area contributed by atoms with E-state index in [1.807, 2.05) is 54.6 Å². The minimum absolute atomic E-state index is 0.0560. The molecular weight excluding hydrogens is 332 g/mol. The molecular formula is C20H18N2O4. The molecule has 6 heteroatoms. The first-order valence-electron chi connectivity index (χ1n) is 8.30. The molecule has 0 radical (unpaired) electrons. The largest absolute Gasteiger partial charge is 0.481 e. The average Bonchev–Trinajstić information content (AvgIpc) is 2.97. The highest BCUT2D eigenvalue weighted by Crippen LogP contribution is 2.44. The van der Waals surface area contributed by atoms with E-state index < -0.39 is 12.1 Å². The highest BCUT2D eigenvalue weighted by atomic mass is 16.6. The fourth-order valence-electron chi connectivity index (χ4n) is 3.24. The Balaban J connectivity index is 1.74. The van der Waals surface area contributed by atoms with E-state index in [-0.39, 0.29) is 32.0 Å². The predicted octanol–water partition coefficient (Wildman–Crippen LogP) is 3.24. The maximum Gasteiger partial charge on any atom is 0.410 e. The van der Waals surface area contributed by atoms with Gasteiger partial charge in [0.05, 0.1) is 12.5 Å². The summed E-state index contributed by atoms with van der Waals surface area (Å²) in [6.07, 6.45) is -0.902. The summed E-state index contributed by atoms with van der Waals surface area (Å²) in [7, 11) is 0. The summed E-state index contributed by atoms with van der Waals surface area (Å²) >= 11 is 0. The molecule has 1 amide bonds. The summed E-state index contributed by atoms with van der Waals surface area (Å²) in [5, 5.41) is 17.6. The molecule has 3 rings (SSSR count). The Bertz CT molecular complexity index is 827. The van der Waals surface area contributed by atoms with E-state index in [9.17, 15) is 9.59 Å². The van der Waals surface area contributed by atoms with Crippen LogP contribution in [0.2, 0.25) is 0 Å². The number of carbonyl (C=O) groups excluding carboxylic acids is 1. The molecule has 0 fully saturated rings. The zero-order chi connectivity index (χ0) is 18.5. The first kappa shape index (κ1) is 17.5. The van der Waals surface area contributed by atoms with E-state index in [4.69, 9.17) is 15.1 Å². The maximum atomic E-state index is 12.3. The Morgan fingerprint density at radius 1 is 1.08 bits per heavy atom. The lowest BCUT2D eigenvalue weighted by molar-refractivity contribution is -0.137. The first-order valence-corrected chi connectivity index (χ1v) is 8.30. The van der Waals surface area contributed by atoms with Gasteiger partial charge in [0.2, 0.25) is 0 Å². The van der Waals surface area contributed by atoms with Crippen molar-refractivity contribution in [3.63, 3.8) is 0 Å². The molecule has 0 saturated carbocycles. The number of ether oxygens (including phenoxy) is 1. The molecule has 0 bridgehead atoms. The third kappa shape index (κ3) is 3.52. The number of fused-ring (bicyclic) bond motifs is 3. The first-order chi connectivity index (χ1) is 12.6. The number of nitrogens with zero attached hydrogens (tertiary/aromatic N) is 2. The monoisotopic (exact) mass is 350 g/mol. The van der Waals surface area contributed by atoms with Gasteiger partial charge in [0.25, 0.3) is 0 Å². The summed E-state index contributed by atoms with van der Waals surface area (Å²) in [6.45, 7) is -0.120. The van der Waals surface area contributed by atoms with Gasteiger partial charge in [0, 0.05) is 12.5 Å². The lowest BCUT2D eigenvalue weighted by Gasteiger charge is -2.20. The van der Waals surface area contributed by atoms with Gasteiger partial charge in [-0.05, 0) is 22.3 Å². The molecule has 0 unspecified atom stereocenters. The number of benzene rings is 2. The summed E-state index contributed by atoms with van der Waals surface area (Å²) in [5.74, 6) is -1.10. The average molecular weight is 350 g/mol. The molecule has 0 saturated heterocycles. The Morgan fingerprint density at radius 2 is 1.65 bits per heavy atom. The Morgan fingerprint density at radius 3 is 2.19 bits per heavy atom. The molecule has 1 aliphatic carbocycles. The second kappa shape index (κ2) is 7.70. The van der Waals surface area contributed by atoms with Gasteiger partial charge in [-0.1, -0.05) is 48.5 Å². The molecule has 132 valence electrons. The smallest absolute Gasteiger partial charge is 0.410 e. The molecule has 1 aliphatic rings. The number of carbonyl (C=O) groups is 2. The number of hydrogen-bond donors (Lipinski definition) is 1. The van der Waals surface area contributed by atoms with E-state index in [0.717, 1.165) is 27.2 Å². The van der Waals surface area contributed by atoms with Crippen LogP contribution in [-0.4, -0.2) is 41.8 Å². The standard InChI is InChI=1S/C20H18N2O4/c21-10-12-22(11-9-19(23)24)20(25)26-13-18-16-7-3-1-5-14(16)15-6-2-4-8-17(15)18/h1-8,18H,9,11-13H2,(H,23,24). The second-order valence-electron chi connectivity index (χ2n) is 6.03. The van der Waals surface area contributed by atoms with Crippen molar-refractivity contribution in [3.8, 4) is 17.2 Å². The van der Waals surface area contributed by atoms with Gasteiger partial charge in [0.1, 0.15) is 13.2 Å². The van der Waals surface area contributed by atoms with Crippen molar-refractivity contribution in [2.75, 3.05) is 19.7 Å². The van der Waals surface area contributed by atoms with Gasteiger partial charge in [0.15, 0.2) is 0 Å². The summed E-state index contributed by atoms with van der Waals surface area (Å²) in [5.41, 5.74) is 4.45. The highest BCUT2D eigenvalue weighted by Gasteiger charge is 2.29. The molecule has 6 nitrogen and oxygen atoms in total. The van der Waals surface area contributed by atoms with Gasteiger partial charge in [-0.2, -0.15) is 5.26 Å². The molecule has 0 aliphatic heterocycles. The van der Waals surface area contributed by atoms with Crippen molar-refractivity contribution >= 4 is 12.1 Å². The van der Waals surface area contributed by atoms with Crippen LogP contribution in [0.15, 0.2) is 48.5 Å². The number of rotatable bonds is 6. The van der Waals surface area contributed by atoms with Crippen LogP contribution >= 0.6 is 0 Å². The van der Waals surface area contributed by atoms with Crippen LogP contribution in [0.1, 0.15) is 23.5 Å². The molecule has 26 heavy (non-hydrogen) atoms. The van der Waals surface area contributed by atoms with Crippen LogP contribution in [0.25, 0.3) is 11.1 Å². The van der Waals surface area contributed by atoms with Crippen molar-refractivity contribution in [2.45, 2.75) is 12.3 Å². The van der Waals surface area contributed by atoms with Crippen LogP contribution in [0.4, 0.5) is 4.79 Å². The highest BCUT2D eigenvalue weighted by molar-refractivity contribution is 5.79. The minimum Gasteiger partial charge on any atom is -0.481 e. The minimum atomic E-state index is -1.03. The van der Waals surface area contributed by atoms with Crippen molar-refractivity contribution in [2.24, 2.45) is 0 Å². The van der Waals surface area contributed by atoms with Crippen molar-refractivity contribution in [3.05, 3.63) is 59.7 Å². The topological polar surface area (TPSA) is 90.6 Å². The Kier molecular flexibility index (Phi) is 5.18. The van der Waals surface area contributed by atoms with E-state index >= 15 is 0 Å². The van der Waals surface area contributed by atoms with Gasteiger partial charge in [-0.25, -0.2) is 4.79 Å². The fourth-order valence-corrected chi connectivity index (χ4v) is 3.24. The van der Waals surface area contributed by atoms with Crippen LogP contribution in [0, 0.1) is 11.3 Å². The van der Waals surface area contributed by atoms with Gasteiger partial charge < -0.3 is 9.84 Å². The van der Waals surface area contributed by atoms with Gasteiger partial charge in [-0.15, -0.1) is 0 Å². The molecule has 2 aromatic carbocycles. The number of carboxylic acid groups (broad SMARTS) is 1. The van der Waals surface area contributed by atoms with Crippen LogP contribution in [0.3, 0.4) is 0 Å². The quantitative estimate of drug-likeness (QED) is 0.808. The zero-order valence-corrected chi connectivity index (χ0v) is 14.1. The normalized spacial score (nSPS) is 12.0. The van der Waals surface area contributed by atoms with Crippen LogP contribution in [0.5, 0.6) is 0 Å². The maximum absolute atomic E-state index is 12.3. The van der Waals surface area contributed by atoms with Crippen molar-refractivity contribution < 1.29 is 19.4 Å². The van der Waals surface area contributed by atoms with E-state index in [0.29, 0.717) is 0 Å². The molecule has 0 atom stereocenters. The lowest BCUT2D eigenvalue weighted by atomic mass is 9.98. The van der Waals surface area contributed by atoms with Crippen LogP contribution in [-0.2, 0) is 9.53 Å². The number of hydrogen-bond acceptors (Lipinski definition) is 4. The Labute approximate surface area is 151 Å². The third-order valence-electron chi connectivity index (χ3n) is 4.45. The molecule has 0 aromatic heterocycles. The SMILES string of the molecule is N#CCN(CCC(=O)O)C(=O)OCC1c2ccccc2-c2ccccc21. The lowest BCUT2D eigenvalue weighted by Crippen LogP contribution is -2.34. The summed E-state index contributed by atoms with van der Waals surface area (Å²) in [6, 6.07) is 17.9. The van der Waals surface area contributed by atoms with Gasteiger partial charge in [-0.3, -0.25) is 9.69 Å².